The molecule has 0 saturated carbocycles. The summed E-state index contributed by atoms with van der Waals surface area (Å²) in [5, 5.41) is 4.97. The van der Waals surface area contributed by atoms with E-state index in [1.54, 1.807) is 12.1 Å². The minimum atomic E-state index is -0.712. The van der Waals surface area contributed by atoms with Crippen molar-refractivity contribution in [1.82, 2.24) is 19.9 Å². The van der Waals surface area contributed by atoms with E-state index in [2.05, 4.69) is 30.6 Å². The van der Waals surface area contributed by atoms with E-state index in [4.69, 9.17) is 0 Å². The number of rotatable bonds is 4. The number of aromatic nitrogens is 4. The third-order valence-corrected chi connectivity index (χ3v) is 3.82. The molecule has 0 saturated heterocycles. The second-order valence-electron chi connectivity index (χ2n) is 5.62. The van der Waals surface area contributed by atoms with Gasteiger partial charge in [-0.3, -0.25) is 14.9 Å². The van der Waals surface area contributed by atoms with Crippen LogP contribution in [0.1, 0.15) is 21.0 Å². The number of amides is 2. The predicted octanol–water partition coefficient (Wildman–Crippen LogP) is 2.93. The Morgan fingerprint density at radius 3 is 2.56 bits per heavy atom. The van der Waals surface area contributed by atoms with Crippen LogP contribution in [0, 0.1) is 5.82 Å². The number of halogens is 1. The molecule has 4 rings (SSSR count). The first kappa shape index (κ1) is 16.5. The third kappa shape index (κ3) is 3.25. The normalized spacial score (nSPS) is 10.7. The van der Waals surface area contributed by atoms with Gasteiger partial charge >= 0.3 is 0 Å². The molecule has 2 aromatic heterocycles. The Balaban J connectivity index is 1.54. The molecule has 0 fully saturated rings. The number of fused-ring (bicyclic) bond motifs is 1. The molecule has 4 aromatic rings. The number of nitrogens with zero attached hydrogens (tertiary/aromatic N) is 2. The van der Waals surface area contributed by atoms with Crippen LogP contribution < -0.4 is 10.6 Å². The molecular formula is C18H13FN6O2. The Kier molecular flexibility index (Phi) is 4.09. The molecule has 9 heteroatoms. The number of H-pyrrole nitrogens is 2. The number of carbonyl (C=O) groups excluding carboxylic acids is 2. The van der Waals surface area contributed by atoms with Crippen LogP contribution in [0.2, 0.25) is 0 Å². The fourth-order valence-corrected chi connectivity index (χ4v) is 2.57. The summed E-state index contributed by atoms with van der Waals surface area (Å²) in [5.74, 6) is -1.67. The lowest BCUT2D eigenvalue weighted by molar-refractivity contribution is 0.0985. The molecule has 0 unspecified atom stereocenters. The molecule has 0 radical (unpaired) electrons. The van der Waals surface area contributed by atoms with Gasteiger partial charge in [0.1, 0.15) is 11.5 Å². The average Bonchev–Trinajstić information content (AvgIpc) is 3.29. The first-order valence-corrected chi connectivity index (χ1v) is 7.97. The van der Waals surface area contributed by atoms with Gasteiger partial charge in [-0.25, -0.2) is 14.4 Å². The first-order valence-electron chi connectivity index (χ1n) is 7.97. The van der Waals surface area contributed by atoms with E-state index >= 15 is 0 Å². The molecular weight excluding hydrogens is 351 g/mol. The zero-order chi connectivity index (χ0) is 18.8. The van der Waals surface area contributed by atoms with Gasteiger partial charge in [0, 0.05) is 0 Å². The quantitative estimate of drug-likeness (QED) is 0.445. The van der Waals surface area contributed by atoms with Crippen molar-refractivity contribution in [3.63, 3.8) is 0 Å². The fourth-order valence-electron chi connectivity index (χ4n) is 2.57. The van der Waals surface area contributed by atoms with Crippen LogP contribution >= 0.6 is 0 Å². The largest absolute Gasteiger partial charge is 0.340 e. The van der Waals surface area contributed by atoms with Gasteiger partial charge < -0.3 is 15.3 Å². The van der Waals surface area contributed by atoms with Crippen LogP contribution in [-0.4, -0.2) is 31.8 Å². The topological polar surface area (TPSA) is 116 Å². The molecule has 0 bridgehead atoms. The molecule has 0 aliphatic rings. The highest BCUT2D eigenvalue weighted by Crippen LogP contribution is 2.16. The minimum absolute atomic E-state index is 0.00542. The van der Waals surface area contributed by atoms with E-state index in [1.807, 2.05) is 18.2 Å². The lowest BCUT2D eigenvalue weighted by Gasteiger charge is -2.06. The SMILES string of the molecule is O=C(Nc1ccccc1F)c1nc[nH]c1C(=O)Nc1nc2ccccc2[nH]1. The Morgan fingerprint density at radius 1 is 0.963 bits per heavy atom. The van der Waals surface area contributed by atoms with Gasteiger partial charge in [-0.2, -0.15) is 0 Å². The monoisotopic (exact) mass is 364 g/mol. The van der Waals surface area contributed by atoms with Gasteiger partial charge in [0.25, 0.3) is 11.8 Å². The van der Waals surface area contributed by atoms with E-state index in [1.165, 1.54) is 24.5 Å². The lowest BCUT2D eigenvalue weighted by Crippen LogP contribution is -2.21. The molecule has 0 atom stereocenters. The maximum Gasteiger partial charge on any atom is 0.276 e. The van der Waals surface area contributed by atoms with Crippen LogP contribution in [0.3, 0.4) is 0 Å². The zero-order valence-corrected chi connectivity index (χ0v) is 13.8. The summed E-state index contributed by atoms with van der Waals surface area (Å²) in [7, 11) is 0. The van der Waals surface area contributed by atoms with Crippen molar-refractivity contribution in [2.75, 3.05) is 10.6 Å². The second kappa shape index (κ2) is 6.71. The molecule has 2 amide bonds. The van der Waals surface area contributed by atoms with Crippen molar-refractivity contribution in [3.05, 3.63) is 72.1 Å². The number of para-hydroxylation sites is 3. The maximum absolute atomic E-state index is 13.7. The van der Waals surface area contributed by atoms with Crippen molar-refractivity contribution in [2.45, 2.75) is 0 Å². The van der Waals surface area contributed by atoms with E-state index in [-0.39, 0.29) is 23.0 Å². The number of imidazole rings is 2. The second-order valence-corrected chi connectivity index (χ2v) is 5.62. The van der Waals surface area contributed by atoms with Gasteiger partial charge in [0.2, 0.25) is 5.95 Å². The minimum Gasteiger partial charge on any atom is -0.340 e. The summed E-state index contributed by atoms with van der Waals surface area (Å²) >= 11 is 0. The summed E-state index contributed by atoms with van der Waals surface area (Å²) in [6.45, 7) is 0. The molecule has 4 N–H and O–H groups in total. The van der Waals surface area contributed by atoms with Crippen LogP contribution in [-0.2, 0) is 0 Å². The maximum atomic E-state index is 13.7. The molecule has 8 nitrogen and oxygen atoms in total. The van der Waals surface area contributed by atoms with E-state index in [0.717, 1.165) is 5.52 Å². The summed E-state index contributed by atoms with van der Waals surface area (Å²) in [6.07, 6.45) is 1.21. The van der Waals surface area contributed by atoms with Crippen LogP contribution in [0.4, 0.5) is 16.0 Å². The molecule has 134 valence electrons. The van der Waals surface area contributed by atoms with Gasteiger partial charge in [-0.05, 0) is 24.3 Å². The van der Waals surface area contributed by atoms with Gasteiger partial charge in [0.05, 0.1) is 23.0 Å². The molecule has 0 spiro atoms. The van der Waals surface area contributed by atoms with Crippen molar-refractivity contribution in [3.8, 4) is 0 Å². The standard InChI is InChI=1S/C18H13FN6O2/c19-10-5-1-2-6-11(10)22-16(26)14-15(21-9-20-14)17(27)25-18-23-12-7-3-4-8-13(12)24-18/h1-9H,(H,20,21)(H,22,26)(H2,23,24,25,27). The highest BCUT2D eigenvalue weighted by molar-refractivity contribution is 6.13. The number of aromatic amines is 2. The van der Waals surface area contributed by atoms with Crippen LogP contribution in [0.5, 0.6) is 0 Å². The van der Waals surface area contributed by atoms with Crippen molar-refractivity contribution in [1.29, 1.82) is 0 Å². The summed E-state index contributed by atoms with van der Waals surface area (Å²) in [6, 6.07) is 13.0. The van der Waals surface area contributed by atoms with Gasteiger partial charge in [-0.1, -0.05) is 24.3 Å². The highest BCUT2D eigenvalue weighted by atomic mass is 19.1. The Morgan fingerprint density at radius 2 is 1.74 bits per heavy atom. The fraction of sp³-hybridized carbons (Fsp3) is 0. The van der Waals surface area contributed by atoms with Gasteiger partial charge in [0.15, 0.2) is 5.69 Å². The number of anilines is 2. The van der Waals surface area contributed by atoms with E-state index in [0.29, 0.717) is 5.52 Å². The molecule has 2 heterocycles. The van der Waals surface area contributed by atoms with Crippen LogP contribution in [0.15, 0.2) is 54.9 Å². The average molecular weight is 364 g/mol. The summed E-state index contributed by atoms with van der Waals surface area (Å²) in [5.41, 5.74) is 1.22. The molecule has 2 aromatic carbocycles. The number of hydrogen-bond acceptors (Lipinski definition) is 4. The number of carbonyl (C=O) groups is 2. The summed E-state index contributed by atoms with van der Waals surface area (Å²) in [4.78, 5) is 38.6. The smallest absolute Gasteiger partial charge is 0.276 e. The van der Waals surface area contributed by atoms with E-state index in [9.17, 15) is 14.0 Å². The van der Waals surface area contributed by atoms with Crippen LogP contribution in [0.25, 0.3) is 11.0 Å². The lowest BCUT2D eigenvalue weighted by atomic mass is 10.2. The predicted molar refractivity (Wildman–Crippen MR) is 97.0 cm³/mol. The Bertz CT molecular complexity index is 1120. The Hall–Kier alpha value is -4.01. The number of benzene rings is 2. The number of hydrogen-bond donors (Lipinski definition) is 4. The number of nitrogens with one attached hydrogen (secondary N) is 4. The molecule has 0 aliphatic carbocycles. The van der Waals surface area contributed by atoms with E-state index < -0.39 is 17.6 Å². The highest BCUT2D eigenvalue weighted by Gasteiger charge is 2.22. The molecule has 0 aliphatic heterocycles. The molecule has 27 heavy (non-hydrogen) atoms. The summed E-state index contributed by atoms with van der Waals surface area (Å²) < 4.78 is 13.7. The Labute approximate surface area is 151 Å². The first-order chi connectivity index (χ1) is 13.1. The van der Waals surface area contributed by atoms with Crippen molar-refractivity contribution >= 4 is 34.5 Å². The zero-order valence-electron chi connectivity index (χ0n) is 13.8. The van der Waals surface area contributed by atoms with Crippen molar-refractivity contribution < 1.29 is 14.0 Å². The third-order valence-electron chi connectivity index (χ3n) is 3.82. The van der Waals surface area contributed by atoms with Gasteiger partial charge in [-0.15, -0.1) is 0 Å². The van der Waals surface area contributed by atoms with Crippen molar-refractivity contribution in [2.24, 2.45) is 0 Å².